The van der Waals surface area contributed by atoms with Crippen LogP contribution in [0.1, 0.15) is 30.1 Å². The van der Waals surface area contributed by atoms with Crippen LogP contribution in [0.2, 0.25) is 5.02 Å². The Morgan fingerprint density at radius 1 is 1.47 bits per heavy atom. The molecular formula is C13H15BrClN3O. The predicted molar refractivity (Wildman–Crippen MR) is 78.2 cm³/mol. The molecule has 0 aliphatic heterocycles. The van der Waals surface area contributed by atoms with Crippen LogP contribution in [-0.2, 0) is 13.0 Å². The Hall–Kier alpha value is -0.910. The van der Waals surface area contributed by atoms with Gasteiger partial charge in [0, 0.05) is 23.6 Å². The van der Waals surface area contributed by atoms with Crippen LogP contribution in [0.25, 0.3) is 0 Å². The lowest BCUT2D eigenvalue weighted by molar-refractivity contribution is 0.170. The summed E-state index contributed by atoms with van der Waals surface area (Å²) >= 11 is 9.55. The fraction of sp³-hybridized carbons (Fsp3) is 0.385. The lowest BCUT2D eigenvalue weighted by atomic mass is 10.1. The number of nitrogens with zero attached hydrogens (tertiary/aromatic N) is 3. The molecular weight excluding hydrogens is 330 g/mol. The van der Waals surface area contributed by atoms with Crippen molar-refractivity contribution in [1.29, 1.82) is 0 Å². The number of aryl methyl sites for hydroxylation is 2. The summed E-state index contributed by atoms with van der Waals surface area (Å²) in [6, 6.07) is 3.65. The van der Waals surface area contributed by atoms with Gasteiger partial charge in [0.25, 0.3) is 0 Å². The highest BCUT2D eigenvalue weighted by atomic mass is 79.9. The molecule has 0 amide bonds. The lowest BCUT2D eigenvalue weighted by Gasteiger charge is -2.11. The van der Waals surface area contributed by atoms with E-state index < -0.39 is 6.10 Å². The van der Waals surface area contributed by atoms with E-state index in [0.717, 1.165) is 22.4 Å². The van der Waals surface area contributed by atoms with Gasteiger partial charge in [-0.1, -0.05) is 11.6 Å². The van der Waals surface area contributed by atoms with E-state index in [1.807, 2.05) is 24.6 Å². The molecule has 0 saturated heterocycles. The van der Waals surface area contributed by atoms with Gasteiger partial charge in [0.15, 0.2) is 0 Å². The second-order valence-electron chi connectivity index (χ2n) is 4.28. The summed E-state index contributed by atoms with van der Waals surface area (Å²) in [4.78, 5) is 4.20. The molecule has 2 rings (SSSR count). The molecule has 0 aliphatic carbocycles. The lowest BCUT2D eigenvalue weighted by Crippen LogP contribution is -2.09. The first-order chi connectivity index (χ1) is 9.02. The summed E-state index contributed by atoms with van der Waals surface area (Å²) in [5, 5.41) is 15.2. The number of halogens is 2. The molecule has 1 N–H and O–H groups in total. The smallest absolute Gasteiger partial charge is 0.101 e. The summed E-state index contributed by atoms with van der Waals surface area (Å²) in [5.74, 6) is 0. The molecule has 0 aliphatic rings. The number of aliphatic hydroxyl groups is 1. The second kappa shape index (κ2) is 6.03. The Morgan fingerprint density at radius 2 is 2.21 bits per heavy atom. The van der Waals surface area contributed by atoms with E-state index in [-0.39, 0.29) is 0 Å². The molecule has 4 nitrogen and oxygen atoms in total. The molecule has 6 heteroatoms. The van der Waals surface area contributed by atoms with Crippen molar-refractivity contribution < 1.29 is 5.11 Å². The van der Waals surface area contributed by atoms with Crippen molar-refractivity contribution in [2.24, 2.45) is 0 Å². The van der Waals surface area contributed by atoms with E-state index in [1.165, 1.54) is 0 Å². The Bertz CT molecular complexity index is 568. The number of aromatic nitrogens is 3. The third-order valence-corrected chi connectivity index (χ3v) is 3.89. The van der Waals surface area contributed by atoms with Gasteiger partial charge in [-0.2, -0.15) is 5.10 Å². The highest BCUT2D eigenvalue weighted by molar-refractivity contribution is 9.10. The average molecular weight is 345 g/mol. The van der Waals surface area contributed by atoms with E-state index >= 15 is 0 Å². The topological polar surface area (TPSA) is 50.9 Å². The van der Waals surface area contributed by atoms with Gasteiger partial charge >= 0.3 is 0 Å². The zero-order chi connectivity index (χ0) is 14.0. The summed E-state index contributed by atoms with van der Waals surface area (Å²) in [5.41, 5.74) is 2.26. The quantitative estimate of drug-likeness (QED) is 0.926. The predicted octanol–water partition coefficient (Wildman–Crippen LogP) is 3.30. The third-order valence-electron chi connectivity index (χ3n) is 2.93. The molecule has 2 aromatic heterocycles. The number of hydrogen-bond acceptors (Lipinski definition) is 3. The molecule has 2 aromatic rings. The Labute approximate surface area is 125 Å². The number of aliphatic hydroxyl groups excluding tert-OH is 1. The van der Waals surface area contributed by atoms with E-state index in [0.29, 0.717) is 17.1 Å². The number of hydrogen-bond donors (Lipinski definition) is 1. The molecule has 1 atom stereocenters. The highest BCUT2D eigenvalue weighted by Crippen LogP contribution is 2.25. The zero-order valence-electron chi connectivity index (χ0n) is 10.8. The molecule has 102 valence electrons. The van der Waals surface area contributed by atoms with Crippen molar-refractivity contribution in [3.63, 3.8) is 0 Å². The van der Waals surface area contributed by atoms with Crippen LogP contribution in [-0.4, -0.2) is 19.9 Å². The van der Waals surface area contributed by atoms with E-state index in [4.69, 9.17) is 11.6 Å². The Kier molecular flexibility index (Phi) is 4.60. The number of pyridine rings is 1. The van der Waals surface area contributed by atoms with Gasteiger partial charge in [-0.25, -0.2) is 0 Å². The van der Waals surface area contributed by atoms with Crippen molar-refractivity contribution in [1.82, 2.24) is 14.8 Å². The van der Waals surface area contributed by atoms with Crippen molar-refractivity contribution in [3.05, 3.63) is 44.9 Å². The zero-order valence-corrected chi connectivity index (χ0v) is 13.1. The van der Waals surface area contributed by atoms with Crippen molar-refractivity contribution in [3.8, 4) is 0 Å². The minimum Gasteiger partial charge on any atom is -0.386 e. The summed E-state index contributed by atoms with van der Waals surface area (Å²) < 4.78 is 2.70. The molecule has 0 bridgehead atoms. The van der Waals surface area contributed by atoms with Gasteiger partial charge < -0.3 is 5.11 Å². The normalized spacial score (nSPS) is 12.7. The van der Waals surface area contributed by atoms with Gasteiger partial charge in [-0.3, -0.25) is 9.67 Å². The fourth-order valence-corrected chi connectivity index (χ4v) is 2.38. The summed E-state index contributed by atoms with van der Waals surface area (Å²) in [6.07, 6.45) is 1.39. The van der Waals surface area contributed by atoms with Crippen LogP contribution >= 0.6 is 27.5 Å². The van der Waals surface area contributed by atoms with Crippen LogP contribution in [0, 0.1) is 6.92 Å². The largest absolute Gasteiger partial charge is 0.386 e. The van der Waals surface area contributed by atoms with Crippen molar-refractivity contribution in [2.75, 3.05) is 0 Å². The first kappa shape index (κ1) is 14.5. The molecule has 0 spiro atoms. The van der Waals surface area contributed by atoms with Crippen LogP contribution in [0.15, 0.2) is 22.8 Å². The van der Waals surface area contributed by atoms with Gasteiger partial charge in [0.1, 0.15) is 6.10 Å². The first-order valence-corrected chi connectivity index (χ1v) is 7.21. The fourth-order valence-electron chi connectivity index (χ4n) is 1.94. The monoisotopic (exact) mass is 343 g/mol. The molecule has 19 heavy (non-hydrogen) atoms. The minimum absolute atomic E-state index is 0.405. The standard InChI is InChI=1S/C13H15BrClN3O/c1-3-18-11(13(15)8(2)17-18)6-12(19)10-5-4-9(14)7-16-10/h4-5,7,12,19H,3,6H2,1-2H3. The van der Waals surface area contributed by atoms with Crippen molar-refractivity contribution in [2.45, 2.75) is 32.9 Å². The number of rotatable bonds is 4. The second-order valence-corrected chi connectivity index (χ2v) is 5.58. The molecule has 0 fully saturated rings. The molecule has 0 aromatic carbocycles. The Balaban J connectivity index is 2.23. The van der Waals surface area contributed by atoms with E-state index in [9.17, 15) is 5.11 Å². The molecule has 2 heterocycles. The van der Waals surface area contributed by atoms with Gasteiger partial charge in [0.2, 0.25) is 0 Å². The minimum atomic E-state index is -0.688. The molecule has 1 unspecified atom stereocenters. The molecule has 0 radical (unpaired) electrons. The van der Waals surface area contributed by atoms with Gasteiger partial charge in [-0.15, -0.1) is 0 Å². The molecule has 0 saturated carbocycles. The van der Waals surface area contributed by atoms with Crippen LogP contribution < -0.4 is 0 Å². The van der Waals surface area contributed by atoms with Crippen LogP contribution in [0.5, 0.6) is 0 Å². The van der Waals surface area contributed by atoms with Gasteiger partial charge in [0.05, 0.1) is 22.1 Å². The first-order valence-electron chi connectivity index (χ1n) is 6.04. The van der Waals surface area contributed by atoms with Gasteiger partial charge in [-0.05, 0) is 41.9 Å². The average Bonchev–Trinajstić information content (AvgIpc) is 2.67. The van der Waals surface area contributed by atoms with E-state index in [1.54, 1.807) is 12.3 Å². The summed E-state index contributed by atoms with van der Waals surface area (Å²) in [6.45, 7) is 4.59. The van der Waals surface area contributed by atoms with E-state index in [2.05, 4.69) is 26.0 Å². The Morgan fingerprint density at radius 3 is 2.79 bits per heavy atom. The maximum Gasteiger partial charge on any atom is 0.101 e. The van der Waals surface area contributed by atoms with Crippen LogP contribution in [0.3, 0.4) is 0 Å². The third kappa shape index (κ3) is 3.16. The maximum atomic E-state index is 10.2. The van der Waals surface area contributed by atoms with Crippen LogP contribution in [0.4, 0.5) is 0 Å². The highest BCUT2D eigenvalue weighted by Gasteiger charge is 2.18. The maximum absolute atomic E-state index is 10.2. The SMILES string of the molecule is CCn1nc(C)c(Cl)c1CC(O)c1ccc(Br)cn1. The van der Waals surface area contributed by atoms with Crippen molar-refractivity contribution >= 4 is 27.5 Å². The summed E-state index contributed by atoms with van der Waals surface area (Å²) in [7, 11) is 0.